The van der Waals surface area contributed by atoms with E-state index in [4.69, 9.17) is 4.74 Å². The van der Waals surface area contributed by atoms with Crippen LogP contribution in [0, 0.1) is 13.8 Å². The Balaban J connectivity index is 1.56. The van der Waals surface area contributed by atoms with E-state index in [0.717, 1.165) is 5.69 Å². The van der Waals surface area contributed by atoms with Gasteiger partial charge in [-0.05, 0) is 37.8 Å². The van der Waals surface area contributed by atoms with E-state index in [0.29, 0.717) is 22.6 Å². The van der Waals surface area contributed by atoms with Crippen LogP contribution in [0.2, 0.25) is 0 Å². The Morgan fingerprint density at radius 1 is 1.21 bits per heavy atom. The fraction of sp³-hybridized carbons (Fsp3) is 0.450. The summed E-state index contributed by atoms with van der Waals surface area (Å²) in [5.74, 6) is -0.843. The van der Waals surface area contributed by atoms with Crippen molar-refractivity contribution in [3.8, 4) is 0 Å². The third-order valence-corrected chi connectivity index (χ3v) is 7.74. The van der Waals surface area contributed by atoms with Crippen LogP contribution in [0.15, 0.2) is 23.6 Å². The quantitative estimate of drug-likeness (QED) is 0.465. The molecule has 156 valence electrons. The number of ether oxygens (including phenoxy) is 1. The van der Waals surface area contributed by atoms with Crippen molar-refractivity contribution in [3.05, 3.63) is 45.4 Å². The van der Waals surface area contributed by atoms with Crippen LogP contribution in [0.25, 0.3) is 0 Å². The van der Waals surface area contributed by atoms with Crippen LogP contribution in [0.4, 0.5) is 0 Å². The Hall–Kier alpha value is -2.26. The zero-order valence-corrected chi connectivity index (χ0v) is 18.0. The highest BCUT2D eigenvalue weighted by atomic mass is 32.2. The highest BCUT2D eigenvalue weighted by Gasteiger charge is 2.31. The predicted octanol–water partition coefficient (Wildman–Crippen LogP) is 2.92. The smallest absolute Gasteiger partial charge is 0.306 e. The van der Waals surface area contributed by atoms with Crippen LogP contribution in [-0.4, -0.2) is 48.6 Å². The summed E-state index contributed by atoms with van der Waals surface area (Å²) in [6, 6.07) is 5.00. The predicted molar refractivity (Wildman–Crippen MR) is 109 cm³/mol. The lowest BCUT2D eigenvalue weighted by Crippen LogP contribution is -2.17. The molecule has 9 heteroatoms. The van der Waals surface area contributed by atoms with Crippen molar-refractivity contribution in [2.45, 2.75) is 39.2 Å². The number of aryl methyl sites for hydroxylation is 1. The largest absolute Gasteiger partial charge is 0.457 e. The van der Waals surface area contributed by atoms with Gasteiger partial charge in [-0.3, -0.25) is 14.4 Å². The third-order valence-electron chi connectivity index (χ3n) is 5.07. The molecule has 0 amide bonds. The molecule has 0 radical (unpaired) electrons. The number of nitrogens with zero attached hydrogens (tertiary/aromatic N) is 1. The molecule has 1 fully saturated rings. The molecule has 0 saturated carbocycles. The first kappa shape index (κ1) is 21.4. The van der Waals surface area contributed by atoms with Crippen molar-refractivity contribution >= 4 is 38.7 Å². The van der Waals surface area contributed by atoms with Crippen LogP contribution >= 0.6 is 11.3 Å². The van der Waals surface area contributed by atoms with E-state index in [1.807, 2.05) is 11.5 Å². The van der Waals surface area contributed by atoms with Crippen LogP contribution < -0.4 is 0 Å². The van der Waals surface area contributed by atoms with Gasteiger partial charge in [0.15, 0.2) is 22.2 Å². The molecule has 1 aliphatic heterocycles. The van der Waals surface area contributed by atoms with E-state index >= 15 is 0 Å². The summed E-state index contributed by atoms with van der Waals surface area (Å²) in [6.07, 6.45) is 0.487. The molecule has 0 aliphatic carbocycles. The summed E-state index contributed by atoms with van der Waals surface area (Å²) in [6.45, 7) is 3.20. The number of esters is 1. The fourth-order valence-corrected chi connectivity index (χ4v) is 6.07. The summed E-state index contributed by atoms with van der Waals surface area (Å²) in [4.78, 5) is 36.9. The molecule has 1 aliphatic rings. The molecule has 1 saturated heterocycles. The zero-order valence-electron chi connectivity index (χ0n) is 16.3. The Morgan fingerprint density at radius 2 is 1.97 bits per heavy atom. The average Bonchev–Trinajstić information content (AvgIpc) is 3.37. The van der Waals surface area contributed by atoms with Gasteiger partial charge in [0.05, 0.1) is 22.8 Å². The number of rotatable bonds is 8. The van der Waals surface area contributed by atoms with Gasteiger partial charge in [-0.25, -0.2) is 8.42 Å². The van der Waals surface area contributed by atoms with Gasteiger partial charge in [0.1, 0.15) is 0 Å². The topological polar surface area (TPSA) is 99.5 Å². The molecule has 1 unspecified atom stereocenters. The maximum atomic E-state index is 12.5. The molecule has 0 aromatic carbocycles. The molecule has 2 aromatic heterocycles. The Kier molecular flexibility index (Phi) is 6.38. The van der Waals surface area contributed by atoms with Crippen molar-refractivity contribution in [1.82, 2.24) is 4.57 Å². The minimum absolute atomic E-state index is 0.0399. The van der Waals surface area contributed by atoms with Gasteiger partial charge >= 0.3 is 5.97 Å². The van der Waals surface area contributed by atoms with Gasteiger partial charge in [-0.15, -0.1) is 11.3 Å². The van der Waals surface area contributed by atoms with Crippen molar-refractivity contribution < 1.29 is 27.5 Å². The summed E-state index contributed by atoms with van der Waals surface area (Å²) >= 11 is 1.32. The number of carbonyl (C=O) groups excluding carboxylic acids is 3. The second-order valence-corrected chi connectivity index (χ2v) is 10.4. The number of hydrogen-bond acceptors (Lipinski definition) is 7. The molecule has 29 heavy (non-hydrogen) atoms. The Labute approximate surface area is 173 Å². The molecular formula is C20H23NO6S2. The molecule has 0 N–H and O–H groups in total. The number of aromatic nitrogens is 1. The number of sulfone groups is 1. The van der Waals surface area contributed by atoms with Gasteiger partial charge in [-0.2, -0.15) is 0 Å². The molecule has 0 spiro atoms. The van der Waals surface area contributed by atoms with Gasteiger partial charge in [0, 0.05) is 29.4 Å². The van der Waals surface area contributed by atoms with E-state index in [-0.39, 0.29) is 42.0 Å². The minimum atomic E-state index is -3.04. The van der Waals surface area contributed by atoms with Crippen LogP contribution in [0.1, 0.15) is 56.7 Å². The van der Waals surface area contributed by atoms with Crippen molar-refractivity contribution in [3.63, 3.8) is 0 Å². The van der Waals surface area contributed by atoms with Crippen molar-refractivity contribution in [1.29, 1.82) is 0 Å². The van der Waals surface area contributed by atoms with E-state index in [9.17, 15) is 22.8 Å². The molecule has 7 nitrogen and oxygen atoms in total. The summed E-state index contributed by atoms with van der Waals surface area (Å²) < 4.78 is 30.5. The number of Topliss-reactive ketones (excluding diaryl/α,β-unsaturated/α-hetero) is 2. The lowest BCUT2D eigenvalue weighted by atomic mass is 10.1. The van der Waals surface area contributed by atoms with E-state index in [1.54, 1.807) is 30.5 Å². The van der Waals surface area contributed by atoms with Gasteiger partial charge in [0.2, 0.25) is 5.78 Å². The second kappa shape index (κ2) is 8.62. The fourth-order valence-electron chi connectivity index (χ4n) is 3.67. The summed E-state index contributed by atoms with van der Waals surface area (Å²) in [7, 11) is -3.04. The molecule has 0 bridgehead atoms. The number of hydrogen-bond donors (Lipinski definition) is 0. The summed E-state index contributed by atoms with van der Waals surface area (Å²) in [5.41, 5.74) is 1.91. The monoisotopic (exact) mass is 437 g/mol. The average molecular weight is 438 g/mol. The number of carbonyl (C=O) groups is 3. The van der Waals surface area contributed by atoms with Crippen LogP contribution in [0.5, 0.6) is 0 Å². The lowest BCUT2D eigenvalue weighted by Gasteiger charge is -2.16. The third kappa shape index (κ3) is 5.02. The first-order chi connectivity index (χ1) is 13.7. The van der Waals surface area contributed by atoms with Gasteiger partial charge in [-0.1, -0.05) is 6.07 Å². The molecule has 2 aromatic rings. The Bertz CT molecular complexity index is 1030. The first-order valence-electron chi connectivity index (χ1n) is 9.32. The zero-order chi connectivity index (χ0) is 21.2. The lowest BCUT2D eigenvalue weighted by molar-refractivity contribution is -0.142. The number of ketones is 2. The standard InChI is InChI=1S/C20H23NO6S2/c1-13-10-16(14(2)21(13)15-7-9-29(25,26)12-15)18(23)11-27-20(24)6-5-17(22)19-4-3-8-28-19/h3-4,8,10,15H,5-7,9,11-12H2,1-2H3. The van der Waals surface area contributed by atoms with E-state index in [1.165, 1.54) is 11.3 Å². The normalized spacial score (nSPS) is 17.9. The first-order valence-corrected chi connectivity index (χ1v) is 12.0. The Morgan fingerprint density at radius 3 is 2.59 bits per heavy atom. The van der Waals surface area contributed by atoms with Crippen LogP contribution in [-0.2, 0) is 19.4 Å². The minimum Gasteiger partial charge on any atom is -0.457 e. The maximum absolute atomic E-state index is 12.5. The second-order valence-electron chi connectivity index (χ2n) is 7.20. The van der Waals surface area contributed by atoms with Gasteiger partial charge in [0.25, 0.3) is 0 Å². The van der Waals surface area contributed by atoms with Crippen molar-refractivity contribution in [2.24, 2.45) is 0 Å². The van der Waals surface area contributed by atoms with E-state index < -0.39 is 22.4 Å². The maximum Gasteiger partial charge on any atom is 0.306 e. The molecule has 1 atom stereocenters. The summed E-state index contributed by atoms with van der Waals surface area (Å²) in [5, 5.41) is 1.79. The highest BCUT2D eigenvalue weighted by molar-refractivity contribution is 7.91. The van der Waals surface area contributed by atoms with Gasteiger partial charge < -0.3 is 9.30 Å². The molecular weight excluding hydrogens is 414 g/mol. The highest BCUT2D eigenvalue weighted by Crippen LogP contribution is 2.29. The number of thiophene rings is 1. The van der Waals surface area contributed by atoms with Crippen LogP contribution in [0.3, 0.4) is 0 Å². The van der Waals surface area contributed by atoms with E-state index in [2.05, 4.69) is 0 Å². The molecule has 3 rings (SSSR count). The van der Waals surface area contributed by atoms with Crippen molar-refractivity contribution in [2.75, 3.05) is 18.1 Å². The SMILES string of the molecule is Cc1cc(C(=O)COC(=O)CCC(=O)c2cccs2)c(C)n1C1CCS(=O)(=O)C1. The molecule has 3 heterocycles.